The molecule has 130 valence electrons. The minimum atomic E-state index is -0.190. The van der Waals surface area contributed by atoms with Gasteiger partial charge in [-0.2, -0.15) is 0 Å². The molecule has 3 nitrogen and oxygen atoms in total. The van der Waals surface area contributed by atoms with Crippen molar-refractivity contribution in [1.29, 1.82) is 0 Å². The van der Waals surface area contributed by atoms with Crippen molar-refractivity contribution in [2.24, 2.45) is 23.2 Å². The lowest BCUT2D eigenvalue weighted by Gasteiger charge is -2.17. The Labute approximate surface area is 147 Å². The third-order valence-electron chi connectivity index (χ3n) is 7.11. The number of hydrogen-bond acceptors (Lipinski definition) is 2. The van der Waals surface area contributed by atoms with E-state index in [0.29, 0.717) is 11.3 Å². The highest BCUT2D eigenvalue weighted by molar-refractivity contribution is 5.83. The van der Waals surface area contributed by atoms with Crippen molar-refractivity contribution in [1.82, 2.24) is 10.3 Å². The van der Waals surface area contributed by atoms with Crippen LogP contribution in [-0.4, -0.2) is 17.9 Å². The second-order valence-corrected chi connectivity index (χ2v) is 8.39. The quantitative estimate of drug-likeness (QED) is 0.898. The third-order valence-corrected chi connectivity index (χ3v) is 7.11. The maximum absolute atomic E-state index is 13.7. The summed E-state index contributed by atoms with van der Waals surface area (Å²) in [4.78, 5) is 16.4. The summed E-state index contributed by atoms with van der Waals surface area (Å²) in [5.74, 6) is 2.22. The predicted molar refractivity (Wildman–Crippen MR) is 94.5 cm³/mol. The van der Waals surface area contributed by atoms with Crippen LogP contribution in [0.2, 0.25) is 0 Å². The van der Waals surface area contributed by atoms with Crippen LogP contribution in [0.15, 0.2) is 30.5 Å². The Morgan fingerprint density at radius 2 is 1.96 bits per heavy atom. The van der Waals surface area contributed by atoms with Crippen molar-refractivity contribution >= 4 is 16.8 Å². The van der Waals surface area contributed by atoms with E-state index < -0.39 is 0 Å². The average Bonchev–Trinajstić information content (AvgIpc) is 2.99. The molecule has 3 unspecified atom stereocenters. The molecule has 0 aliphatic heterocycles. The molecule has 0 radical (unpaired) electrons. The minimum absolute atomic E-state index is 0.190. The van der Waals surface area contributed by atoms with Crippen molar-refractivity contribution in [2.75, 3.05) is 7.05 Å². The van der Waals surface area contributed by atoms with Gasteiger partial charge in [0.05, 0.1) is 5.52 Å². The lowest BCUT2D eigenvalue weighted by atomic mass is 9.89. The molecule has 3 aliphatic rings. The van der Waals surface area contributed by atoms with Crippen molar-refractivity contribution < 1.29 is 9.18 Å². The first kappa shape index (κ1) is 15.3. The van der Waals surface area contributed by atoms with Gasteiger partial charge in [0.2, 0.25) is 5.91 Å². The molecule has 1 N–H and O–H groups in total. The first-order chi connectivity index (χ1) is 12.1. The summed E-state index contributed by atoms with van der Waals surface area (Å²) >= 11 is 0. The van der Waals surface area contributed by atoms with Gasteiger partial charge in [-0.15, -0.1) is 0 Å². The number of carbonyl (C=O) groups is 1. The Morgan fingerprint density at radius 1 is 1.20 bits per heavy atom. The van der Waals surface area contributed by atoms with Crippen LogP contribution in [0.3, 0.4) is 0 Å². The first-order valence-electron chi connectivity index (χ1n) is 9.35. The Kier molecular flexibility index (Phi) is 3.22. The smallest absolute Gasteiger partial charge is 0.223 e. The van der Waals surface area contributed by atoms with Gasteiger partial charge in [0.25, 0.3) is 0 Å². The molecular weight excluding hydrogens is 315 g/mol. The van der Waals surface area contributed by atoms with Crippen LogP contribution in [0.4, 0.5) is 4.39 Å². The van der Waals surface area contributed by atoms with Gasteiger partial charge in [-0.05, 0) is 85.1 Å². The van der Waals surface area contributed by atoms with Crippen LogP contribution in [0.1, 0.15) is 43.6 Å². The number of hydrogen-bond donors (Lipinski definition) is 1. The second kappa shape index (κ2) is 5.26. The third kappa shape index (κ3) is 2.30. The molecule has 2 aromatic rings. The molecule has 1 heterocycles. The van der Waals surface area contributed by atoms with E-state index in [1.807, 2.05) is 6.20 Å². The van der Waals surface area contributed by atoms with Crippen molar-refractivity contribution in [3.8, 4) is 0 Å². The molecule has 0 saturated heterocycles. The van der Waals surface area contributed by atoms with E-state index in [-0.39, 0.29) is 17.6 Å². The molecule has 1 aromatic heterocycles. The topological polar surface area (TPSA) is 42.0 Å². The molecule has 1 aromatic carbocycles. The number of benzene rings is 1. The van der Waals surface area contributed by atoms with Crippen molar-refractivity contribution in [3.63, 3.8) is 0 Å². The maximum atomic E-state index is 13.7. The summed E-state index contributed by atoms with van der Waals surface area (Å²) in [6.07, 6.45) is 7.67. The second-order valence-electron chi connectivity index (χ2n) is 8.39. The number of halogens is 1. The molecule has 5 atom stereocenters. The molecule has 0 bridgehead atoms. The van der Waals surface area contributed by atoms with Crippen LogP contribution in [0.25, 0.3) is 10.9 Å². The van der Waals surface area contributed by atoms with E-state index >= 15 is 0 Å². The van der Waals surface area contributed by atoms with Gasteiger partial charge in [-0.1, -0.05) is 0 Å². The van der Waals surface area contributed by atoms with E-state index in [1.165, 1.54) is 37.3 Å². The molecule has 3 aliphatic carbocycles. The van der Waals surface area contributed by atoms with Crippen LogP contribution < -0.4 is 5.32 Å². The maximum Gasteiger partial charge on any atom is 0.223 e. The van der Waals surface area contributed by atoms with E-state index in [2.05, 4.69) is 16.4 Å². The number of aromatic nitrogens is 1. The fourth-order valence-electron chi connectivity index (χ4n) is 5.93. The fourth-order valence-corrected chi connectivity index (χ4v) is 5.93. The molecule has 25 heavy (non-hydrogen) atoms. The van der Waals surface area contributed by atoms with Gasteiger partial charge in [0, 0.05) is 24.5 Å². The first-order valence-corrected chi connectivity index (χ1v) is 9.35. The van der Waals surface area contributed by atoms with Gasteiger partial charge in [-0.3, -0.25) is 9.78 Å². The zero-order valence-corrected chi connectivity index (χ0v) is 14.5. The number of nitrogens with zero attached hydrogens (tertiary/aromatic N) is 1. The number of carbonyl (C=O) groups excluding carboxylic acids is 1. The largest absolute Gasteiger partial charge is 0.359 e. The minimum Gasteiger partial charge on any atom is -0.359 e. The van der Waals surface area contributed by atoms with Gasteiger partial charge in [-0.25, -0.2) is 4.39 Å². The summed E-state index contributed by atoms with van der Waals surface area (Å²) in [6, 6.07) is 6.97. The number of nitrogens with one attached hydrogen (secondary N) is 1. The zero-order valence-electron chi connectivity index (χ0n) is 14.5. The molecular formula is C21H23FN2O. The fraction of sp³-hybridized carbons (Fsp3) is 0.524. The van der Waals surface area contributed by atoms with Crippen LogP contribution in [0.5, 0.6) is 0 Å². The Bertz CT molecular complexity index is 850. The van der Waals surface area contributed by atoms with E-state index in [4.69, 9.17) is 0 Å². The van der Waals surface area contributed by atoms with Crippen LogP contribution in [-0.2, 0) is 4.79 Å². The predicted octanol–water partition coefficient (Wildman–Crippen LogP) is 4.03. The van der Waals surface area contributed by atoms with Gasteiger partial charge < -0.3 is 5.32 Å². The summed E-state index contributed by atoms with van der Waals surface area (Å²) < 4.78 is 13.7. The monoisotopic (exact) mass is 338 g/mol. The molecule has 1 spiro atoms. The van der Waals surface area contributed by atoms with Gasteiger partial charge >= 0.3 is 0 Å². The number of rotatable bonds is 2. The Morgan fingerprint density at radius 3 is 2.68 bits per heavy atom. The molecule has 1 amide bonds. The normalized spacial score (nSPS) is 35.9. The SMILES string of the molecule is CNC(=O)C1CC12C[C@H]1CC(c3ccnc4ccc(F)cc34)C[C@H]1C2. The molecule has 3 saturated carbocycles. The highest BCUT2D eigenvalue weighted by Crippen LogP contribution is 2.69. The number of pyridine rings is 1. The molecule has 4 heteroatoms. The van der Waals surface area contributed by atoms with Gasteiger partial charge in [0.15, 0.2) is 0 Å². The van der Waals surface area contributed by atoms with E-state index in [9.17, 15) is 9.18 Å². The Hall–Kier alpha value is -1.97. The summed E-state index contributed by atoms with van der Waals surface area (Å²) in [5.41, 5.74) is 2.44. The zero-order chi connectivity index (χ0) is 17.2. The highest BCUT2D eigenvalue weighted by atomic mass is 19.1. The number of fused-ring (bicyclic) bond motifs is 2. The van der Waals surface area contributed by atoms with E-state index in [0.717, 1.165) is 29.2 Å². The van der Waals surface area contributed by atoms with Crippen LogP contribution in [0, 0.1) is 29.0 Å². The van der Waals surface area contributed by atoms with E-state index in [1.54, 1.807) is 19.2 Å². The van der Waals surface area contributed by atoms with Crippen molar-refractivity contribution in [2.45, 2.75) is 38.0 Å². The van der Waals surface area contributed by atoms with Gasteiger partial charge in [0.1, 0.15) is 5.82 Å². The summed E-state index contributed by atoms with van der Waals surface area (Å²) in [5, 5.41) is 3.79. The summed E-state index contributed by atoms with van der Waals surface area (Å²) in [7, 11) is 1.74. The average molecular weight is 338 g/mol. The lowest BCUT2D eigenvalue weighted by Crippen LogP contribution is -2.22. The van der Waals surface area contributed by atoms with Crippen molar-refractivity contribution in [3.05, 3.63) is 41.8 Å². The molecule has 5 rings (SSSR count). The summed E-state index contributed by atoms with van der Waals surface area (Å²) in [6.45, 7) is 0. The standard InChI is InChI=1S/C21H23FN2O/c1-23-20(25)18-11-21(18)9-13-6-12(7-14(13)10-21)16-4-5-24-19-3-2-15(22)8-17(16)19/h2-5,8,12-14,18H,6-7,9-11H2,1H3,(H,23,25)/t12?,13-,14+,18?,21?. The lowest BCUT2D eigenvalue weighted by molar-refractivity contribution is -0.122. The molecule has 3 fully saturated rings. The Balaban J connectivity index is 1.37. The highest BCUT2D eigenvalue weighted by Gasteiger charge is 2.64. The van der Waals surface area contributed by atoms with Crippen LogP contribution >= 0.6 is 0 Å². The number of amides is 1.